The van der Waals surface area contributed by atoms with E-state index < -0.39 is 33.1 Å². The number of ether oxygens (including phenoxy) is 2. The van der Waals surface area contributed by atoms with Gasteiger partial charge in [-0.25, -0.2) is 4.79 Å². The third-order valence-corrected chi connectivity index (χ3v) is 5.73. The van der Waals surface area contributed by atoms with Crippen LogP contribution in [0, 0.1) is 6.92 Å². The summed E-state index contributed by atoms with van der Waals surface area (Å²) in [5, 5.41) is 4.13. The molecule has 0 N–H and O–H groups in total. The number of aryl methyl sites for hydroxylation is 1. The number of esters is 1. The Labute approximate surface area is 189 Å². The van der Waals surface area contributed by atoms with Crippen LogP contribution < -0.4 is 14.5 Å². The topological polar surface area (TPSA) is 114 Å². The predicted molar refractivity (Wildman–Crippen MR) is 116 cm³/mol. The van der Waals surface area contributed by atoms with Gasteiger partial charge in [0.05, 0.1) is 25.5 Å². The van der Waals surface area contributed by atoms with E-state index in [2.05, 4.69) is 5.10 Å². The summed E-state index contributed by atoms with van der Waals surface area (Å²) in [5.41, 5.74) is 0.118. The van der Waals surface area contributed by atoms with Crippen LogP contribution in [-0.2, 0) is 14.9 Å². The summed E-state index contributed by atoms with van der Waals surface area (Å²) in [4.78, 5) is 24.8. The number of hydrogen-bond donors (Lipinski definition) is 0. The standard InChI is InChI=1S/C21H19ClN2O7S/c1-4-30-21(26)20-17(12-19(25)24(23-20)15-8-5-13(2)6-9-15)31-32(27,28)18-11-14(22)7-10-16(18)29-3/h5-12H,4H2,1-3H3. The van der Waals surface area contributed by atoms with E-state index in [1.54, 1.807) is 31.2 Å². The minimum absolute atomic E-state index is 0.00151. The van der Waals surface area contributed by atoms with E-state index in [4.69, 9.17) is 25.3 Å². The molecule has 2 aromatic carbocycles. The van der Waals surface area contributed by atoms with Crippen LogP contribution in [0.1, 0.15) is 23.0 Å². The van der Waals surface area contributed by atoms with Crippen molar-refractivity contribution in [3.63, 3.8) is 0 Å². The first kappa shape index (κ1) is 23.3. The number of carbonyl (C=O) groups is 1. The summed E-state index contributed by atoms with van der Waals surface area (Å²) in [5.74, 6) is -1.58. The van der Waals surface area contributed by atoms with Gasteiger partial charge in [-0.1, -0.05) is 29.3 Å². The second kappa shape index (κ2) is 9.41. The average molecular weight is 479 g/mol. The molecule has 0 aliphatic carbocycles. The molecule has 0 atom stereocenters. The summed E-state index contributed by atoms with van der Waals surface area (Å²) >= 11 is 5.92. The Morgan fingerprint density at radius 3 is 2.41 bits per heavy atom. The number of methoxy groups -OCH3 is 1. The monoisotopic (exact) mass is 478 g/mol. The normalized spacial score (nSPS) is 11.1. The molecule has 0 amide bonds. The SMILES string of the molecule is CCOC(=O)c1nn(-c2ccc(C)cc2)c(=O)cc1OS(=O)(=O)c1cc(Cl)ccc1OC. The van der Waals surface area contributed by atoms with Crippen LogP contribution in [-0.4, -0.2) is 37.9 Å². The molecule has 0 saturated carbocycles. The van der Waals surface area contributed by atoms with Gasteiger partial charge in [0.1, 0.15) is 10.6 Å². The van der Waals surface area contributed by atoms with Gasteiger partial charge < -0.3 is 13.7 Å². The van der Waals surface area contributed by atoms with Crippen molar-refractivity contribution in [2.24, 2.45) is 0 Å². The zero-order chi connectivity index (χ0) is 23.5. The Morgan fingerprint density at radius 2 is 1.78 bits per heavy atom. The molecule has 3 aromatic rings. The van der Waals surface area contributed by atoms with Crippen molar-refractivity contribution in [2.45, 2.75) is 18.7 Å². The Morgan fingerprint density at radius 1 is 1.09 bits per heavy atom. The van der Waals surface area contributed by atoms with Gasteiger partial charge in [-0.2, -0.15) is 18.2 Å². The van der Waals surface area contributed by atoms with Gasteiger partial charge >= 0.3 is 16.1 Å². The first-order chi connectivity index (χ1) is 15.2. The maximum absolute atomic E-state index is 12.9. The summed E-state index contributed by atoms with van der Waals surface area (Å²) in [6.07, 6.45) is 0. The fourth-order valence-corrected chi connectivity index (χ4v) is 4.08. The first-order valence-electron chi connectivity index (χ1n) is 9.33. The molecule has 11 heteroatoms. The van der Waals surface area contributed by atoms with Crippen molar-refractivity contribution in [2.75, 3.05) is 13.7 Å². The van der Waals surface area contributed by atoms with E-state index >= 15 is 0 Å². The molecule has 0 spiro atoms. The van der Waals surface area contributed by atoms with Crippen molar-refractivity contribution in [3.8, 4) is 17.2 Å². The smallest absolute Gasteiger partial charge is 0.362 e. The second-order valence-electron chi connectivity index (χ2n) is 6.50. The highest BCUT2D eigenvalue weighted by Crippen LogP contribution is 2.30. The minimum Gasteiger partial charge on any atom is -0.495 e. The predicted octanol–water partition coefficient (Wildman–Crippen LogP) is 3.15. The molecule has 32 heavy (non-hydrogen) atoms. The highest BCUT2D eigenvalue weighted by atomic mass is 35.5. The number of benzene rings is 2. The summed E-state index contributed by atoms with van der Waals surface area (Å²) < 4.78 is 41.9. The summed E-state index contributed by atoms with van der Waals surface area (Å²) in [6, 6.07) is 11.5. The van der Waals surface area contributed by atoms with Crippen LogP contribution in [0.25, 0.3) is 5.69 Å². The number of carbonyl (C=O) groups excluding carboxylic acids is 1. The minimum atomic E-state index is -4.55. The third kappa shape index (κ3) is 4.92. The quantitative estimate of drug-likeness (QED) is 0.376. The number of halogens is 1. The zero-order valence-corrected chi connectivity index (χ0v) is 18.9. The summed E-state index contributed by atoms with van der Waals surface area (Å²) in [6.45, 7) is 3.44. The molecule has 1 aromatic heterocycles. The molecular formula is C21H19ClN2O7S. The zero-order valence-electron chi connectivity index (χ0n) is 17.4. The van der Waals surface area contributed by atoms with Gasteiger partial charge in [0.25, 0.3) is 5.56 Å². The van der Waals surface area contributed by atoms with Crippen LogP contribution in [0.2, 0.25) is 5.02 Å². The molecule has 168 valence electrons. The van der Waals surface area contributed by atoms with Crippen molar-refractivity contribution in [1.29, 1.82) is 0 Å². The van der Waals surface area contributed by atoms with E-state index in [0.29, 0.717) is 5.69 Å². The Hall–Kier alpha value is -3.37. The van der Waals surface area contributed by atoms with Crippen molar-refractivity contribution < 1.29 is 26.9 Å². The number of nitrogens with zero attached hydrogens (tertiary/aromatic N) is 2. The van der Waals surface area contributed by atoms with Gasteiger partial charge in [0, 0.05) is 5.02 Å². The van der Waals surface area contributed by atoms with E-state index in [1.807, 2.05) is 6.92 Å². The molecule has 9 nitrogen and oxygen atoms in total. The van der Waals surface area contributed by atoms with Gasteiger partial charge in [-0.15, -0.1) is 0 Å². The number of rotatable bonds is 7. The lowest BCUT2D eigenvalue weighted by Crippen LogP contribution is -2.26. The molecule has 0 unspecified atom stereocenters. The second-order valence-corrected chi connectivity index (χ2v) is 8.45. The van der Waals surface area contributed by atoms with Gasteiger partial charge in [0.2, 0.25) is 5.69 Å². The molecule has 0 fully saturated rings. The molecular weight excluding hydrogens is 460 g/mol. The van der Waals surface area contributed by atoms with Crippen molar-refractivity contribution in [1.82, 2.24) is 9.78 Å². The van der Waals surface area contributed by atoms with Gasteiger partial charge in [-0.05, 0) is 44.2 Å². The Balaban J connectivity index is 2.14. The van der Waals surface area contributed by atoms with E-state index in [0.717, 1.165) is 22.4 Å². The largest absolute Gasteiger partial charge is 0.495 e. The average Bonchev–Trinajstić information content (AvgIpc) is 2.74. The van der Waals surface area contributed by atoms with Crippen LogP contribution in [0.15, 0.2) is 58.2 Å². The lowest BCUT2D eigenvalue weighted by molar-refractivity contribution is 0.0515. The molecule has 3 rings (SSSR count). The fourth-order valence-electron chi connectivity index (χ4n) is 2.72. The molecule has 0 radical (unpaired) electrons. The summed E-state index contributed by atoms with van der Waals surface area (Å²) in [7, 11) is -3.28. The van der Waals surface area contributed by atoms with E-state index in [-0.39, 0.29) is 22.3 Å². The van der Waals surface area contributed by atoms with Crippen LogP contribution in [0.5, 0.6) is 11.5 Å². The molecule has 0 aliphatic heterocycles. The first-order valence-corrected chi connectivity index (χ1v) is 11.1. The lowest BCUT2D eigenvalue weighted by atomic mass is 10.2. The van der Waals surface area contributed by atoms with Crippen LogP contribution in [0.4, 0.5) is 0 Å². The third-order valence-electron chi connectivity index (χ3n) is 4.24. The molecule has 1 heterocycles. The van der Waals surface area contributed by atoms with Gasteiger partial charge in [-0.3, -0.25) is 4.79 Å². The lowest BCUT2D eigenvalue weighted by Gasteiger charge is -2.14. The highest BCUT2D eigenvalue weighted by molar-refractivity contribution is 7.87. The van der Waals surface area contributed by atoms with Gasteiger partial charge in [0.15, 0.2) is 5.75 Å². The van der Waals surface area contributed by atoms with Crippen LogP contribution in [0.3, 0.4) is 0 Å². The maximum Gasteiger partial charge on any atom is 0.362 e. The van der Waals surface area contributed by atoms with Crippen LogP contribution >= 0.6 is 11.6 Å². The molecule has 0 saturated heterocycles. The number of hydrogen-bond acceptors (Lipinski definition) is 8. The Kier molecular flexibility index (Phi) is 6.85. The van der Waals surface area contributed by atoms with Crippen molar-refractivity contribution in [3.05, 3.63) is 75.2 Å². The number of aromatic nitrogens is 2. The van der Waals surface area contributed by atoms with E-state index in [9.17, 15) is 18.0 Å². The maximum atomic E-state index is 12.9. The fraction of sp³-hybridized carbons (Fsp3) is 0.190. The highest BCUT2D eigenvalue weighted by Gasteiger charge is 2.28. The Bertz CT molecular complexity index is 1320. The van der Waals surface area contributed by atoms with Crippen molar-refractivity contribution >= 4 is 27.7 Å². The molecule has 0 bridgehead atoms. The molecule has 0 aliphatic rings. The van der Waals surface area contributed by atoms with E-state index in [1.165, 1.54) is 19.2 Å².